The first-order valence-electron chi connectivity index (χ1n) is 6.96. The molecule has 11 heteroatoms. The molecular formula is C11H18N6O4S. The van der Waals surface area contributed by atoms with E-state index < -0.39 is 16.1 Å². The number of fused-ring (bicyclic) bond motifs is 1. The lowest BCUT2D eigenvalue weighted by molar-refractivity contribution is -0.125. The predicted molar refractivity (Wildman–Crippen MR) is 74.1 cm³/mol. The van der Waals surface area contributed by atoms with E-state index in [1.54, 1.807) is 6.92 Å². The second-order valence-corrected chi connectivity index (χ2v) is 7.46. The summed E-state index contributed by atoms with van der Waals surface area (Å²) in [6.07, 6.45) is 1.73. The molecule has 2 heterocycles. The van der Waals surface area contributed by atoms with Crippen molar-refractivity contribution in [3.8, 4) is 0 Å². The molecule has 2 aliphatic rings. The molecule has 10 nitrogen and oxygen atoms in total. The lowest BCUT2D eigenvalue weighted by Gasteiger charge is -2.47. The molecule has 2 N–H and O–H groups in total. The minimum absolute atomic E-state index is 0.000821. The van der Waals surface area contributed by atoms with Crippen LogP contribution in [0.1, 0.15) is 12.2 Å². The van der Waals surface area contributed by atoms with Crippen LogP contribution in [0.4, 0.5) is 0 Å². The van der Waals surface area contributed by atoms with E-state index in [0.29, 0.717) is 12.4 Å². The van der Waals surface area contributed by atoms with Gasteiger partial charge in [0.1, 0.15) is 12.4 Å². The summed E-state index contributed by atoms with van der Waals surface area (Å²) in [6.45, 7) is 2.28. The minimum Gasteiger partial charge on any atom is -0.376 e. The van der Waals surface area contributed by atoms with Gasteiger partial charge in [0.2, 0.25) is 15.9 Å². The van der Waals surface area contributed by atoms with E-state index in [1.807, 2.05) is 0 Å². The Balaban J connectivity index is 1.64. The van der Waals surface area contributed by atoms with Crippen molar-refractivity contribution in [1.29, 1.82) is 0 Å². The summed E-state index contributed by atoms with van der Waals surface area (Å²) in [4.78, 5) is 12.1. The zero-order valence-corrected chi connectivity index (χ0v) is 13.1. The highest BCUT2D eigenvalue weighted by atomic mass is 32.2. The van der Waals surface area contributed by atoms with Crippen LogP contribution in [-0.2, 0) is 26.1 Å². The molecule has 2 fully saturated rings. The summed E-state index contributed by atoms with van der Waals surface area (Å²) >= 11 is 0. The molecule has 3 rings (SSSR count). The van der Waals surface area contributed by atoms with Crippen molar-refractivity contribution >= 4 is 15.9 Å². The second kappa shape index (κ2) is 5.56. The van der Waals surface area contributed by atoms with Gasteiger partial charge in [0.15, 0.2) is 0 Å². The number of aromatic nitrogens is 4. The maximum atomic E-state index is 12.1. The molecule has 1 aliphatic carbocycles. The lowest BCUT2D eigenvalue weighted by atomic mass is 9.72. The summed E-state index contributed by atoms with van der Waals surface area (Å²) in [5.41, 5.74) is 0. The monoisotopic (exact) mass is 330 g/mol. The number of rotatable bonds is 5. The van der Waals surface area contributed by atoms with Crippen LogP contribution in [0.3, 0.4) is 0 Å². The van der Waals surface area contributed by atoms with E-state index in [0.717, 1.165) is 12.7 Å². The number of hydrogen-bond acceptors (Lipinski definition) is 7. The first-order valence-corrected chi connectivity index (χ1v) is 8.85. The highest BCUT2D eigenvalue weighted by molar-refractivity contribution is 7.88. The van der Waals surface area contributed by atoms with Crippen LogP contribution in [0.25, 0.3) is 0 Å². The molecule has 1 aromatic heterocycles. The standard InChI is InChI=1S/C11H18N6O4S/c1-6-13-15-16-17(6)5-8(18)12-9-7-3-4-21-11(7)10(9)14-22(2,19)20/h7,9-11,14H,3-5H2,1-2H3,(H,12,18)/t7-,9+,10-,11-/m1/s1. The number of hydrogen-bond donors (Lipinski definition) is 2. The first kappa shape index (κ1) is 15.3. The number of amides is 1. The zero-order chi connectivity index (χ0) is 15.9. The van der Waals surface area contributed by atoms with Gasteiger partial charge in [-0.2, -0.15) is 0 Å². The number of ether oxygens (including phenoxy) is 1. The minimum atomic E-state index is -3.37. The van der Waals surface area contributed by atoms with E-state index in [2.05, 4.69) is 25.6 Å². The molecule has 1 aliphatic heterocycles. The highest BCUT2D eigenvalue weighted by Gasteiger charge is 2.55. The molecule has 0 spiro atoms. The van der Waals surface area contributed by atoms with Gasteiger partial charge in [-0.15, -0.1) is 5.10 Å². The Morgan fingerprint density at radius 3 is 2.86 bits per heavy atom. The maximum absolute atomic E-state index is 12.1. The quantitative estimate of drug-likeness (QED) is 0.627. The summed E-state index contributed by atoms with van der Waals surface area (Å²) in [6, 6.07) is -0.701. The van der Waals surface area contributed by atoms with E-state index in [1.165, 1.54) is 4.68 Å². The van der Waals surface area contributed by atoms with Gasteiger partial charge in [0.25, 0.3) is 0 Å². The van der Waals surface area contributed by atoms with E-state index in [-0.39, 0.29) is 30.5 Å². The molecule has 122 valence electrons. The Bertz CT molecular complexity index is 674. The zero-order valence-electron chi connectivity index (χ0n) is 12.3. The van der Waals surface area contributed by atoms with Crippen molar-refractivity contribution < 1.29 is 17.9 Å². The van der Waals surface area contributed by atoms with Gasteiger partial charge in [-0.3, -0.25) is 4.79 Å². The van der Waals surface area contributed by atoms with Gasteiger partial charge in [0, 0.05) is 12.5 Å². The molecule has 0 unspecified atom stereocenters. The van der Waals surface area contributed by atoms with Crippen LogP contribution in [0.15, 0.2) is 0 Å². The maximum Gasteiger partial charge on any atom is 0.242 e. The van der Waals surface area contributed by atoms with E-state index >= 15 is 0 Å². The average molecular weight is 330 g/mol. The molecule has 1 saturated heterocycles. The summed E-state index contributed by atoms with van der Waals surface area (Å²) in [5, 5.41) is 13.8. The molecule has 0 bridgehead atoms. The summed E-state index contributed by atoms with van der Waals surface area (Å²) in [7, 11) is -3.37. The summed E-state index contributed by atoms with van der Waals surface area (Å²) < 4.78 is 32.3. The number of nitrogens with one attached hydrogen (secondary N) is 2. The number of sulfonamides is 1. The van der Waals surface area contributed by atoms with Gasteiger partial charge in [-0.25, -0.2) is 17.8 Å². The fourth-order valence-corrected chi connectivity index (χ4v) is 3.83. The Hall–Kier alpha value is -1.59. The van der Waals surface area contributed by atoms with Crippen LogP contribution in [0.5, 0.6) is 0 Å². The Morgan fingerprint density at radius 1 is 1.45 bits per heavy atom. The number of carbonyl (C=O) groups is 1. The summed E-state index contributed by atoms with van der Waals surface area (Å²) in [5.74, 6) is 0.417. The number of tetrazole rings is 1. The van der Waals surface area contributed by atoms with Gasteiger partial charge in [0.05, 0.1) is 24.4 Å². The molecule has 1 aromatic rings. The molecule has 0 aromatic carbocycles. The number of nitrogens with zero attached hydrogens (tertiary/aromatic N) is 4. The largest absolute Gasteiger partial charge is 0.376 e. The van der Waals surface area contributed by atoms with Crippen LogP contribution >= 0.6 is 0 Å². The van der Waals surface area contributed by atoms with Crippen molar-refractivity contribution in [2.75, 3.05) is 12.9 Å². The fraction of sp³-hybridized carbons (Fsp3) is 0.818. The molecule has 1 saturated carbocycles. The van der Waals surface area contributed by atoms with Crippen molar-refractivity contribution in [1.82, 2.24) is 30.2 Å². The molecule has 0 radical (unpaired) electrons. The highest BCUT2D eigenvalue weighted by Crippen LogP contribution is 2.39. The van der Waals surface area contributed by atoms with Crippen molar-refractivity contribution in [2.45, 2.75) is 38.1 Å². The molecule has 4 atom stereocenters. The molecule has 22 heavy (non-hydrogen) atoms. The Kier molecular flexibility index (Phi) is 3.87. The first-order chi connectivity index (χ1) is 10.3. The van der Waals surface area contributed by atoms with Gasteiger partial charge < -0.3 is 10.1 Å². The smallest absolute Gasteiger partial charge is 0.242 e. The number of aryl methyl sites for hydroxylation is 1. The van der Waals surface area contributed by atoms with Crippen molar-refractivity contribution in [3.05, 3.63) is 5.82 Å². The SMILES string of the molecule is Cc1nnnn1CC(=O)N[C@H]1[C@H]2CCO[C@H]2[C@@H]1NS(C)(=O)=O. The molecular weight excluding hydrogens is 312 g/mol. The Labute approximate surface area is 127 Å². The predicted octanol–water partition coefficient (Wildman–Crippen LogP) is -2.20. The second-order valence-electron chi connectivity index (χ2n) is 5.68. The van der Waals surface area contributed by atoms with Crippen LogP contribution < -0.4 is 10.0 Å². The van der Waals surface area contributed by atoms with Crippen molar-refractivity contribution in [3.63, 3.8) is 0 Å². The van der Waals surface area contributed by atoms with Gasteiger partial charge in [-0.1, -0.05) is 0 Å². The number of carbonyl (C=O) groups excluding carboxylic acids is 1. The Morgan fingerprint density at radius 2 is 2.23 bits per heavy atom. The van der Waals surface area contributed by atoms with E-state index in [9.17, 15) is 13.2 Å². The van der Waals surface area contributed by atoms with Crippen LogP contribution in [0, 0.1) is 12.8 Å². The van der Waals surface area contributed by atoms with Crippen molar-refractivity contribution in [2.24, 2.45) is 5.92 Å². The van der Waals surface area contributed by atoms with Gasteiger partial charge >= 0.3 is 0 Å². The fourth-order valence-electron chi connectivity index (χ4n) is 3.05. The normalized spacial score (nSPS) is 30.6. The third kappa shape index (κ3) is 2.96. The third-order valence-corrected chi connectivity index (χ3v) is 4.77. The third-order valence-electron chi connectivity index (χ3n) is 4.07. The van der Waals surface area contributed by atoms with E-state index in [4.69, 9.17) is 4.74 Å². The molecule has 1 amide bonds. The lowest BCUT2D eigenvalue weighted by Crippen LogP contribution is -2.71. The van der Waals surface area contributed by atoms with Crippen LogP contribution in [0.2, 0.25) is 0 Å². The van der Waals surface area contributed by atoms with Gasteiger partial charge in [-0.05, 0) is 23.8 Å². The average Bonchev–Trinajstić information content (AvgIpc) is 3.00. The topological polar surface area (TPSA) is 128 Å². The van der Waals surface area contributed by atoms with Crippen LogP contribution in [-0.4, -0.2) is 65.6 Å².